The lowest BCUT2D eigenvalue weighted by atomic mass is 10.3. The normalized spacial score (nSPS) is 10.9. The van der Waals surface area contributed by atoms with Crippen molar-refractivity contribution in [1.82, 2.24) is 4.72 Å². The van der Waals surface area contributed by atoms with Crippen molar-refractivity contribution in [1.29, 1.82) is 5.26 Å². The Morgan fingerprint density at radius 2 is 2.24 bits per heavy atom. The number of nitrogens with zero attached hydrogens (tertiary/aromatic N) is 1. The first-order valence-electron chi connectivity index (χ1n) is 4.71. The van der Waals surface area contributed by atoms with Crippen LogP contribution >= 0.6 is 15.9 Å². The van der Waals surface area contributed by atoms with Crippen molar-refractivity contribution in [2.24, 2.45) is 0 Å². The molecule has 0 aliphatic carbocycles. The Morgan fingerprint density at radius 3 is 2.76 bits per heavy atom. The molecular formula is C10H11BrN2O3S. The molecule has 0 aliphatic heterocycles. The molecule has 17 heavy (non-hydrogen) atoms. The summed E-state index contributed by atoms with van der Waals surface area (Å²) in [5, 5.41) is 8.34. The Balaban J connectivity index is 2.93. The Kier molecular flexibility index (Phi) is 4.93. The van der Waals surface area contributed by atoms with Gasteiger partial charge in [-0.25, -0.2) is 13.1 Å². The van der Waals surface area contributed by atoms with Crippen LogP contribution in [-0.4, -0.2) is 22.1 Å². The maximum Gasteiger partial charge on any atom is 0.240 e. The Hall–Kier alpha value is -1.10. The van der Waals surface area contributed by atoms with Crippen LogP contribution in [0.2, 0.25) is 0 Å². The molecule has 0 bridgehead atoms. The van der Waals surface area contributed by atoms with E-state index in [4.69, 9.17) is 10.00 Å². The van der Waals surface area contributed by atoms with Crippen molar-refractivity contribution in [3.05, 3.63) is 22.7 Å². The third kappa shape index (κ3) is 3.70. The van der Waals surface area contributed by atoms with E-state index in [2.05, 4.69) is 20.7 Å². The molecule has 0 saturated carbocycles. The van der Waals surface area contributed by atoms with Crippen molar-refractivity contribution in [3.63, 3.8) is 0 Å². The molecule has 0 aliphatic rings. The average molecular weight is 319 g/mol. The first-order chi connectivity index (χ1) is 8.01. The molecule has 0 radical (unpaired) electrons. The summed E-state index contributed by atoms with van der Waals surface area (Å²) in [6, 6.07) is 6.32. The maximum atomic E-state index is 11.8. The number of nitriles is 1. The van der Waals surface area contributed by atoms with E-state index in [1.165, 1.54) is 19.2 Å². The molecule has 0 aromatic heterocycles. The zero-order valence-corrected chi connectivity index (χ0v) is 11.5. The summed E-state index contributed by atoms with van der Waals surface area (Å²) < 4.78 is 31.4. The van der Waals surface area contributed by atoms with Gasteiger partial charge in [-0.1, -0.05) is 0 Å². The van der Waals surface area contributed by atoms with Crippen LogP contribution in [-0.2, 0) is 10.0 Å². The topological polar surface area (TPSA) is 79.2 Å². The van der Waals surface area contributed by atoms with Crippen molar-refractivity contribution < 1.29 is 13.2 Å². The molecule has 92 valence electrons. The van der Waals surface area contributed by atoms with Crippen LogP contribution in [0.1, 0.15) is 6.42 Å². The SMILES string of the molecule is COc1ccc(S(=O)(=O)NCCC#N)cc1Br. The predicted octanol–water partition coefficient (Wildman–Crippen LogP) is 1.65. The second kappa shape index (κ2) is 6.00. The van der Waals surface area contributed by atoms with Gasteiger partial charge in [0.05, 0.1) is 22.5 Å². The van der Waals surface area contributed by atoms with E-state index >= 15 is 0 Å². The van der Waals surface area contributed by atoms with Crippen LogP contribution < -0.4 is 9.46 Å². The molecule has 1 aromatic rings. The van der Waals surface area contributed by atoms with Gasteiger partial charge in [-0.3, -0.25) is 0 Å². The van der Waals surface area contributed by atoms with Crippen LogP contribution in [0.4, 0.5) is 0 Å². The van der Waals surface area contributed by atoms with Gasteiger partial charge in [0.25, 0.3) is 0 Å². The molecule has 0 spiro atoms. The molecule has 0 atom stereocenters. The van der Waals surface area contributed by atoms with Gasteiger partial charge in [-0.05, 0) is 34.1 Å². The first-order valence-corrected chi connectivity index (χ1v) is 6.99. The summed E-state index contributed by atoms with van der Waals surface area (Å²) in [7, 11) is -2.07. The number of ether oxygens (including phenoxy) is 1. The lowest BCUT2D eigenvalue weighted by Gasteiger charge is -2.07. The Morgan fingerprint density at radius 1 is 1.53 bits per heavy atom. The van der Waals surface area contributed by atoms with Crippen LogP contribution in [0, 0.1) is 11.3 Å². The van der Waals surface area contributed by atoms with Crippen LogP contribution in [0.5, 0.6) is 5.75 Å². The highest BCUT2D eigenvalue weighted by Crippen LogP contribution is 2.27. The minimum Gasteiger partial charge on any atom is -0.496 e. The van der Waals surface area contributed by atoms with Crippen LogP contribution in [0.25, 0.3) is 0 Å². The van der Waals surface area contributed by atoms with Gasteiger partial charge in [0.2, 0.25) is 10.0 Å². The largest absolute Gasteiger partial charge is 0.496 e. The Bertz CT molecular complexity index is 537. The quantitative estimate of drug-likeness (QED) is 0.837. The summed E-state index contributed by atoms with van der Waals surface area (Å²) in [6.45, 7) is 0.0997. The number of hydrogen-bond acceptors (Lipinski definition) is 4. The van der Waals surface area contributed by atoms with E-state index in [0.29, 0.717) is 10.2 Å². The van der Waals surface area contributed by atoms with Crippen LogP contribution in [0.3, 0.4) is 0 Å². The zero-order chi connectivity index (χ0) is 12.9. The van der Waals surface area contributed by atoms with E-state index in [1.54, 1.807) is 6.07 Å². The molecule has 0 amide bonds. The van der Waals surface area contributed by atoms with Gasteiger partial charge in [-0.2, -0.15) is 5.26 Å². The third-order valence-corrected chi connectivity index (χ3v) is 4.04. The summed E-state index contributed by atoms with van der Waals surface area (Å²) in [4.78, 5) is 0.128. The number of rotatable bonds is 5. The number of nitrogens with one attached hydrogen (secondary N) is 1. The maximum absolute atomic E-state index is 11.8. The fraction of sp³-hybridized carbons (Fsp3) is 0.300. The summed E-state index contributed by atoms with van der Waals surface area (Å²) >= 11 is 3.21. The summed E-state index contributed by atoms with van der Waals surface area (Å²) in [5.74, 6) is 0.556. The molecule has 1 rings (SSSR count). The second-order valence-corrected chi connectivity index (χ2v) is 5.72. The molecule has 0 heterocycles. The van der Waals surface area contributed by atoms with E-state index in [1.807, 2.05) is 6.07 Å². The lowest BCUT2D eigenvalue weighted by molar-refractivity contribution is 0.411. The predicted molar refractivity (Wildman–Crippen MR) is 66.1 cm³/mol. The zero-order valence-electron chi connectivity index (χ0n) is 9.10. The standard InChI is InChI=1S/C10H11BrN2O3S/c1-16-10-4-3-8(7-9(10)11)17(14,15)13-6-2-5-12/h3-4,7,13H,2,6H2,1H3. The number of methoxy groups -OCH3 is 1. The monoisotopic (exact) mass is 318 g/mol. The van der Waals surface area contributed by atoms with E-state index < -0.39 is 10.0 Å². The molecule has 0 unspecified atom stereocenters. The number of sulfonamides is 1. The highest BCUT2D eigenvalue weighted by Gasteiger charge is 2.14. The van der Waals surface area contributed by atoms with Gasteiger partial charge in [-0.15, -0.1) is 0 Å². The van der Waals surface area contributed by atoms with Crippen molar-refractivity contribution in [2.45, 2.75) is 11.3 Å². The number of benzene rings is 1. The lowest BCUT2D eigenvalue weighted by Crippen LogP contribution is -2.24. The van der Waals surface area contributed by atoms with Gasteiger partial charge >= 0.3 is 0 Å². The van der Waals surface area contributed by atoms with Crippen molar-refractivity contribution >= 4 is 26.0 Å². The molecule has 1 aromatic carbocycles. The fourth-order valence-corrected chi connectivity index (χ4v) is 2.89. The smallest absolute Gasteiger partial charge is 0.240 e. The number of hydrogen-bond donors (Lipinski definition) is 1. The van der Waals surface area contributed by atoms with Crippen molar-refractivity contribution in [2.75, 3.05) is 13.7 Å². The summed E-state index contributed by atoms with van der Waals surface area (Å²) in [6.07, 6.45) is 0.135. The Labute approximate surface area is 109 Å². The van der Waals surface area contributed by atoms with Gasteiger partial charge < -0.3 is 4.74 Å². The van der Waals surface area contributed by atoms with E-state index in [-0.39, 0.29) is 17.9 Å². The fourth-order valence-electron chi connectivity index (χ4n) is 1.14. The third-order valence-electron chi connectivity index (χ3n) is 1.96. The van der Waals surface area contributed by atoms with E-state index in [9.17, 15) is 8.42 Å². The minimum absolute atomic E-state index is 0.0997. The molecule has 0 fully saturated rings. The van der Waals surface area contributed by atoms with Gasteiger partial charge in [0, 0.05) is 13.0 Å². The first kappa shape index (κ1) is 14.0. The van der Waals surface area contributed by atoms with Crippen molar-refractivity contribution in [3.8, 4) is 11.8 Å². The second-order valence-electron chi connectivity index (χ2n) is 3.10. The highest BCUT2D eigenvalue weighted by molar-refractivity contribution is 9.10. The van der Waals surface area contributed by atoms with Gasteiger partial charge in [0.15, 0.2) is 0 Å². The molecule has 5 nitrogen and oxygen atoms in total. The molecule has 7 heteroatoms. The minimum atomic E-state index is -3.57. The highest BCUT2D eigenvalue weighted by atomic mass is 79.9. The molecule has 0 saturated heterocycles. The summed E-state index contributed by atoms with van der Waals surface area (Å²) in [5.41, 5.74) is 0. The van der Waals surface area contributed by atoms with E-state index in [0.717, 1.165) is 0 Å². The molecule has 1 N–H and O–H groups in total. The van der Waals surface area contributed by atoms with Crippen LogP contribution in [0.15, 0.2) is 27.6 Å². The number of halogens is 1. The average Bonchev–Trinajstić information content (AvgIpc) is 2.29. The van der Waals surface area contributed by atoms with Gasteiger partial charge in [0.1, 0.15) is 5.75 Å². The molecular weight excluding hydrogens is 308 g/mol.